The van der Waals surface area contributed by atoms with E-state index in [4.69, 9.17) is 0 Å². The van der Waals surface area contributed by atoms with Crippen LogP contribution < -0.4 is 0 Å². The molecule has 2 atom stereocenters. The Bertz CT molecular complexity index is 643. The van der Waals surface area contributed by atoms with E-state index in [-0.39, 0.29) is 6.04 Å². The number of carboxylic acid groups (broad SMARTS) is 1. The Hall–Kier alpha value is -2.27. The summed E-state index contributed by atoms with van der Waals surface area (Å²) in [4.78, 5) is 22.5. The summed E-state index contributed by atoms with van der Waals surface area (Å²) in [5.74, 6) is -0.773. The van der Waals surface area contributed by atoms with Crippen LogP contribution in [-0.4, -0.2) is 38.5 Å². The molecule has 2 aromatic rings. The molecule has 2 unspecified atom stereocenters. The standard InChI is InChI=1S/C17H19N3O2/c1-12-7-8-14(19-11-12)16(13-5-2-3-9-18-13)20-10-4-6-15(20)17(21)22/h2-3,5,7-9,11,15-16H,4,6,10H2,1H3,(H,21,22). The lowest BCUT2D eigenvalue weighted by Crippen LogP contribution is -2.39. The summed E-state index contributed by atoms with van der Waals surface area (Å²) in [6.07, 6.45) is 5.11. The number of aliphatic carboxylic acids is 1. The molecule has 5 heteroatoms. The molecule has 5 nitrogen and oxygen atoms in total. The van der Waals surface area contributed by atoms with E-state index in [0.717, 1.165) is 29.9 Å². The molecule has 3 heterocycles. The molecular formula is C17H19N3O2. The molecule has 0 spiro atoms. The van der Waals surface area contributed by atoms with Gasteiger partial charge in [-0.25, -0.2) is 0 Å². The number of pyridine rings is 2. The highest BCUT2D eigenvalue weighted by Gasteiger charge is 2.37. The molecule has 2 aromatic heterocycles. The van der Waals surface area contributed by atoms with Gasteiger partial charge in [-0.3, -0.25) is 19.7 Å². The van der Waals surface area contributed by atoms with Crippen LogP contribution in [-0.2, 0) is 4.79 Å². The first-order valence-electron chi connectivity index (χ1n) is 7.49. The zero-order valence-corrected chi connectivity index (χ0v) is 12.5. The minimum Gasteiger partial charge on any atom is -0.480 e. The van der Waals surface area contributed by atoms with Crippen molar-refractivity contribution in [1.29, 1.82) is 0 Å². The third-order valence-corrected chi connectivity index (χ3v) is 4.09. The third kappa shape index (κ3) is 2.85. The van der Waals surface area contributed by atoms with Gasteiger partial charge < -0.3 is 5.11 Å². The fourth-order valence-corrected chi connectivity index (χ4v) is 3.03. The van der Waals surface area contributed by atoms with Gasteiger partial charge >= 0.3 is 5.97 Å². The SMILES string of the molecule is Cc1ccc(C(c2ccccn2)N2CCCC2C(=O)O)nc1. The van der Waals surface area contributed by atoms with Crippen molar-refractivity contribution in [3.8, 4) is 0 Å². The second-order valence-corrected chi connectivity index (χ2v) is 5.65. The zero-order chi connectivity index (χ0) is 15.5. The fraction of sp³-hybridized carbons (Fsp3) is 0.353. The summed E-state index contributed by atoms with van der Waals surface area (Å²) in [5.41, 5.74) is 2.77. The molecule has 0 radical (unpaired) electrons. The van der Waals surface area contributed by atoms with Crippen molar-refractivity contribution in [2.45, 2.75) is 31.8 Å². The summed E-state index contributed by atoms with van der Waals surface area (Å²) in [7, 11) is 0. The van der Waals surface area contributed by atoms with Crippen LogP contribution in [0.15, 0.2) is 42.7 Å². The molecule has 1 aliphatic rings. The molecule has 0 aliphatic carbocycles. The van der Waals surface area contributed by atoms with Crippen LogP contribution in [0.4, 0.5) is 0 Å². The van der Waals surface area contributed by atoms with Crippen LogP contribution in [0.5, 0.6) is 0 Å². The van der Waals surface area contributed by atoms with Gasteiger partial charge in [-0.15, -0.1) is 0 Å². The summed E-state index contributed by atoms with van der Waals surface area (Å²) in [6, 6.07) is 9.00. The Morgan fingerprint density at radius 1 is 1.27 bits per heavy atom. The smallest absolute Gasteiger partial charge is 0.320 e. The molecule has 1 aliphatic heterocycles. The molecule has 0 bridgehead atoms. The highest BCUT2D eigenvalue weighted by atomic mass is 16.4. The van der Waals surface area contributed by atoms with Gasteiger partial charge in [-0.05, 0) is 43.5 Å². The molecule has 3 rings (SSSR count). The number of hydrogen-bond donors (Lipinski definition) is 1. The van der Waals surface area contributed by atoms with Crippen molar-refractivity contribution >= 4 is 5.97 Å². The van der Waals surface area contributed by atoms with Crippen LogP contribution in [0.1, 0.15) is 35.8 Å². The molecule has 22 heavy (non-hydrogen) atoms. The normalized spacial score (nSPS) is 20.0. The summed E-state index contributed by atoms with van der Waals surface area (Å²) < 4.78 is 0. The lowest BCUT2D eigenvalue weighted by Gasteiger charge is -2.30. The topological polar surface area (TPSA) is 66.3 Å². The maximum absolute atomic E-state index is 11.6. The average molecular weight is 297 g/mol. The van der Waals surface area contributed by atoms with Crippen LogP contribution in [0.25, 0.3) is 0 Å². The van der Waals surface area contributed by atoms with Crippen LogP contribution in [0.3, 0.4) is 0 Å². The largest absolute Gasteiger partial charge is 0.480 e. The van der Waals surface area contributed by atoms with E-state index >= 15 is 0 Å². The molecule has 1 fully saturated rings. The maximum atomic E-state index is 11.6. The minimum absolute atomic E-state index is 0.217. The first-order chi connectivity index (χ1) is 10.7. The van der Waals surface area contributed by atoms with Gasteiger partial charge in [0.25, 0.3) is 0 Å². The number of nitrogens with zero attached hydrogens (tertiary/aromatic N) is 3. The average Bonchev–Trinajstić information content (AvgIpc) is 3.00. The first kappa shape index (κ1) is 14.7. The van der Waals surface area contributed by atoms with Crippen molar-refractivity contribution in [2.24, 2.45) is 0 Å². The number of carbonyl (C=O) groups is 1. The number of hydrogen-bond acceptors (Lipinski definition) is 4. The van der Waals surface area contributed by atoms with Crippen molar-refractivity contribution in [2.75, 3.05) is 6.54 Å². The van der Waals surface area contributed by atoms with E-state index < -0.39 is 12.0 Å². The number of likely N-dealkylation sites (tertiary alicyclic amines) is 1. The van der Waals surface area contributed by atoms with Gasteiger partial charge in [-0.1, -0.05) is 12.1 Å². The Kier molecular flexibility index (Phi) is 4.15. The lowest BCUT2D eigenvalue weighted by molar-refractivity contribution is -0.142. The lowest BCUT2D eigenvalue weighted by atomic mass is 10.0. The summed E-state index contributed by atoms with van der Waals surface area (Å²) in [6.45, 7) is 2.73. The highest BCUT2D eigenvalue weighted by molar-refractivity contribution is 5.74. The van der Waals surface area contributed by atoms with Crippen molar-refractivity contribution in [1.82, 2.24) is 14.9 Å². The Morgan fingerprint density at radius 3 is 2.73 bits per heavy atom. The van der Waals surface area contributed by atoms with Crippen LogP contribution in [0.2, 0.25) is 0 Å². The maximum Gasteiger partial charge on any atom is 0.320 e. The summed E-state index contributed by atoms with van der Waals surface area (Å²) >= 11 is 0. The van der Waals surface area contributed by atoms with E-state index in [0.29, 0.717) is 6.42 Å². The molecule has 0 amide bonds. The fourth-order valence-electron chi connectivity index (χ4n) is 3.03. The number of carboxylic acids is 1. The van der Waals surface area contributed by atoms with Crippen LogP contribution in [0, 0.1) is 6.92 Å². The van der Waals surface area contributed by atoms with E-state index in [1.165, 1.54) is 0 Å². The first-order valence-corrected chi connectivity index (χ1v) is 7.49. The third-order valence-electron chi connectivity index (χ3n) is 4.09. The predicted octanol–water partition coefficient (Wildman–Crippen LogP) is 2.42. The van der Waals surface area contributed by atoms with E-state index in [1.54, 1.807) is 6.20 Å². The van der Waals surface area contributed by atoms with Crippen molar-refractivity contribution in [3.63, 3.8) is 0 Å². The van der Waals surface area contributed by atoms with E-state index in [9.17, 15) is 9.90 Å². The Balaban J connectivity index is 2.03. The zero-order valence-electron chi connectivity index (χ0n) is 12.5. The van der Waals surface area contributed by atoms with Gasteiger partial charge in [0.2, 0.25) is 0 Å². The minimum atomic E-state index is -0.773. The second-order valence-electron chi connectivity index (χ2n) is 5.65. The second kappa shape index (κ2) is 6.23. The summed E-state index contributed by atoms with van der Waals surface area (Å²) in [5, 5.41) is 9.49. The molecule has 114 valence electrons. The van der Waals surface area contributed by atoms with Crippen molar-refractivity contribution in [3.05, 3.63) is 59.7 Å². The number of aryl methyl sites for hydroxylation is 1. The Morgan fingerprint density at radius 2 is 2.09 bits per heavy atom. The molecule has 0 saturated carbocycles. The van der Waals surface area contributed by atoms with Gasteiger partial charge in [0, 0.05) is 18.9 Å². The predicted molar refractivity (Wildman–Crippen MR) is 82.4 cm³/mol. The molecular weight excluding hydrogens is 278 g/mol. The number of rotatable bonds is 4. The quantitative estimate of drug-likeness (QED) is 0.939. The van der Waals surface area contributed by atoms with Gasteiger partial charge in [0.15, 0.2) is 0 Å². The Labute approximate surface area is 129 Å². The number of aromatic nitrogens is 2. The molecule has 1 saturated heterocycles. The highest BCUT2D eigenvalue weighted by Crippen LogP contribution is 2.33. The van der Waals surface area contributed by atoms with Gasteiger partial charge in [0.05, 0.1) is 17.4 Å². The molecule has 1 N–H and O–H groups in total. The van der Waals surface area contributed by atoms with Crippen LogP contribution >= 0.6 is 0 Å². The monoisotopic (exact) mass is 297 g/mol. The molecule has 0 aromatic carbocycles. The van der Waals surface area contributed by atoms with Gasteiger partial charge in [0.1, 0.15) is 6.04 Å². The van der Waals surface area contributed by atoms with E-state index in [1.807, 2.05) is 48.4 Å². The van der Waals surface area contributed by atoms with E-state index in [2.05, 4.69) is 9.97 Å². The van der Waals surface area contributed by atoms with Crippen molar-refractivity contribution < 1.29 is 9.90 Å². The van der Waals surface area contributed by atoms with Gasteiger partial charge in [-0.2, -0.15) is 0 Å².